The highest BCUT2D eigenvalue weighted by molar-refractivity contribution is 5.94. The van der Waals surface area contributed by atoms with Gasteiger partial charge in [-0.3, -0.25) is 4.79 Å². The van der Waals surface area contributed by atoms with E-state index >= 15 is 0 Å². The zero-order valence-electron chi connectivity index (χ0n) is 9.97. The summed E-state index contributed by atoms with van der Waals surface area (Å²) in [5, 5.41) is 8.76. The number of benzene rings is 2. The molecule has 2 N–H and O–H groups in total. The Hall–Kier alpha value is -2.60. The van der Waals surface area contributed by atoms with Gasteiger partial charge in [-0.15, -0.1) is 0 Å². The van der Waals surface area contributed by atoms with Gasteiger partial charge in [-0.25, -0.2) is 0 Å². The predicted molar refractivity (Wildman–Crippen MR) is 69.8 cm³/mol. The Balaban J connectivity index is 2.52. The first-order valence-electron chi connectivity index (χ1n) is 5.53. The highest BCUT2D eigenvalue weighted by Crippen LogP contribution is 2.24. The number of rotatable bonds is 2. The normalized spacial score (nSPS) is 9.78. The first-order valence-corrected chi connectivity index (χ1v) is 5.53. The summed E-state index contributed by atoms with van der Waals surface area (Å²) in [6.45, 7) is 1.97. The Kier molecular flexibility index (Phi) is 3.11. The molecule has 0 fully saturated rings. The first kappa shape index (κ1) is 11.9. The summed E-state index contributed by atoms with van der Waals surface area (Å²) in [7, 11) is 0. The average Bonchev–Trinajstić information content (AvgIpc) is 2.39. The molecule has 1 amide bonds. The molecule has 18 heavy (non-hydrogen) atoms. The maximum atomic E-state index is 11.2. The molecule has 0 saturated heterocycles. The molecule has 88 valence electrons. The van der Waals surface area contributed by atoms with E-state index in [2.05, 4.69) is 6.07 Å². The van der Waals surface area contributed by atoms with E-state index in [0.29, 0.717) is 11.1 Å². The van der Waals surface area contributed by atoms with Crippen molar-refractivity contribution in [2.75, 3.05) is 0 Å². The molecule has 0 heterocycles. The molecule has 2 aromatic carbocycles. The Morgan fingerprint density at radius 3 is 2.39 bits per heavy atom. The average molecular weight is 236 g/mol. The fourth-order valence-electron chi connectivity index (χ4n) is 1.81. The first-order chi connectivity index (χ1) is 8.61. The summed E-state index contributed by atoms with van der Waals surface area (Å²) < 4.78 is 0. The van der Waals surface area contributed by atoms with Crippen LogP contribution >= 0.6 is 0 Å². The zero-order chi connectivity index (χ0) is 13.1. The van der Waals surface area contributed by atoms with Crippen molar-refractivity contribution in [3.8, 4) is 17.2 Å². The number of carbonyl (C=O) groups excluding carboxylic acids is 1. The highest BCUT2D eigenvalue weighted by atomic mass is 16.1. The van der Waals surface area contributed by atoms with Gasteiger partial charge in [0.1, 0.15) is 0 Å². The number of amides is 1. The Morgan fingerprint density at radius 2 is 1.83 bits per heavy atom. The van der Waals surface area contributed by atoms with Crippen molar-refractivity contribution in [1.82, 2.24) is 0 Å². The third-order valence-electron chi connectivity index (χ3n) is 2.85. The molecule has 0 aliphatic rings. The van der Waals surface area contributed by atoms with Crippen molar-refractivity contribution in [3.05, 3.63) is 59.2 Å². The summed E-state index contributed by atoms with van der Waals surface area (Å²) in [6, 6.07) is 14.7. The molecule has 0 spiro atoms. The Morgan fingerprint density at radius 1 is 1.17 bits per heavy atom. The minimum Gasteiger partial charge on any atom is -0.366 e. The Bertz CT molecular complexity index is 637. The standard InChI is InChI=1S/C15H12N2O/c1-10-2-5-13(15(17)18)8-14(10)12-6-3-11(9-16)4-7-12/h2-8H,1H3,(H2,17,18). The van der Waals surface area contributed by atoms with E-state index in [1.165, 1.54) is 0 Å². The van der Waals surface area contributed by atoms with Crippen LogP contribution in [0.5, 0.6) is 0 Å². The van der Waals surface area contributed by atoms with E-state index in [4.69, 9.17) is 11.0 Å². The van der Waals surface area contributed by atoms with Gasteiger partial charge >= 0.3 is 0 Å². The van der Waals surface area contributed by atoms with Gasteiger partial charge in [-0.2, -0.15) is 5.26 Å². The molecule has 0 bridgehead atoms. The quantitative estimate of drug-likeness (QED) is 0.870. The van der Waals surface area contributed by atoms with Crippen LogP contribution in [0.15, 0.2) is 42.5 Å². The van der Waals surface area contributed by atoms with Crippen LogP contribution in [-0.2, 0) is 0 Å². The minimum atomic E-state index is -0.440. The van der Waals surface area contributed by atoms with Crippen LogP contribution in [0.2, 0.25) is 0 Å². The maximum Gasteiger partial charge on any atom is 0.248 e. The van der Waals surface area contributed by atoms with Crippen molar-refractivity contribution >= 4 is 5.91 Å². The lowest BCUT2D eigenvalue weighted by Gasteiger charge is -2.07. The van der Waals surface area contributed by atoms with Crippen LogP contribution in [-0.4, -0.2) is 5.91 Å². The lowest BCUT2D eigenvalue weighted by Crippen LogP contribution is -2.10. The van der Waals surface area contributed by atoms with Crippen molar-refractivity contribution in [2.24, 2.45) is 5.73 Å². The number of hydrogen-bond acceptors (Lipinski definition) is 2. The molecular weight excluding hydrogens is 224 g/mol. The molecule has 0 unspecified atom stereocenters. The van der Waals surface area contributed by atoms with Gasteiger partial charge in [0.25, 0.3) is 0 Å². The lowest BCUT2D eigenvalue weighted by atomic mass is 9.97. The number of carbonyl (C=O) groups is 1. The SMILES string of the molecule is Cc1ccc(C(N)=O)cc1-c1ccc(C#N)cc1. The molecule has 0 aliphatic heterocycles. The molecular formula is C15H12N2O. The zero-order valence-corrected chi connectivity index (χ0v) is 9.97. The fourth-order valence-corrected chi connectivity index (χ4v) is 1.81. The number of aryl methyl sites for hydroxylation is 1. The van der Waals surface area contributed by atoms with Gasteiger partial charge in [0.05, 0.1) is 11.6 Å². The molecule has 0 saturated carbocycles. The summed E-state index contributed by atoms with van der Waals surface area (Å²) in [4.78, 5) is 11.2. The van der Waals surface area contributed by atoms with Gasteiger partial charge in [-0.05, 0) is 47.9 Å². The van der Waals surface area contributed by atoms with Gasteiger partial charge in [-0.1, -0.05) is 18.2 Å². The van der Waals surface area contributed by atoms with Crippen LogP contribution in [0.3, 0.4) is 0 Å². The van der Waals surface area contributed by atoms with Gasteiger partial charge in [0.2, 0.25) is 5.91 Å². The highest BCUT2D eigenvalue weighted by Gasteiger charge is 2.06. The van der Waals surface area contributed by atoms with Crippen LogP contribution < -0.4 is 5.73 Å². The lowest BCUT2D eigenvalue weighted by molar-refractivity contribution is 0.100. The van der Waals surface area contributed by atoms with Crippen LogP contribution in [0.4, 0.5) is 0 Å². The van der Waals surface area contributed by atoms with Crippen LogP contribution in [0.25, 0.3) is 11.1 Å². The second kappa shape index (κ2) is 4.72. The molecule has 3 heteroatoms. The number of hydrogen-bond donors (Lipinski definition) is 1. The van der Waals surface area contributed by atoms with Crippen molar-refractivity contribution in [3.63, 3.8) is 0 Å². The summed E-state index contributed by atoms with van der Waals surface area (Å²) in [6.07, 6.45) is 0. The fraction of sp³-hybridized carbons (Fsp3) is 0.0667. The van der Waals surface area contributed by atoms with E-state index in [9.17, 15) is 4.79 Å². The van der Waals surface area contributed by atoms with Crippen molar-refractivity contribution < 1.29 is 4.79 Å². The second-order valence-corrected chi connectivity index (χ2v) is 4.08. The van der Waals surface area contributed by atoms with Crippen LogP contribution in [0.1, 0.15) is 21.5 Å². The third kappa shape index (κ3) is 2.23. The summed E-state index contributed by atoms with van der Waals surface area (Å²) >= 11 is 0. The number of primary amides is 1. The molecule has 0 radical (unpaired) electrons. The number of nitrogens with zero attached hydrogens (tertiary/aromatic N) is 1. The van der Waals surface area contributed by atoms with E-state index in [0.717, 1.165) is 16.7 Å². The molecule has 0 atom stereocenters. The van der Waals surface area contributed by atoms with Gasteiger partial charge < -0.3 is 5.73 Å². The molecule has 0 aromatic heterocycles. The number of nitriles is 1. The molecule has 2 aromatic rings. The van der Waals surface area contributed by atoms with Crippen LogP contribution in [0, 0.1) is 18.3 Å². The van der Waals surface area contributed by atoms with Crippen molar-refractivity contribution in [2.45, 2.75) is 6.92 Å². The van der Waals surface area contributed by atoms with E-state index in [1.807, 2.05) is 25.1 Å². The molecule has 3 nitrogen and oxygen atoms in total. The van der Waals surface area contributed by atoms with Gasteiger partial charge in [0.15, 0.2) is 0 Å². The largest absolute Gasteiger partial charge is 0.366 e. The van der Waals surface area contributed by atoms with E-state index in [1.54, 1.807) is 24.3 Å². The molecule has 2 rings (SSSR count). The van der Waals surface area contributed by atoms with Crippen molar-refractivity contribution in [1.29, 1.82) is 5.26 Å². The topological polar surface area (TPSA) is 66.9 Å². The third-order valence-corrected chi connectivity index (χ3v) is 2.85. The second-order valence-electron chi connectivity index (χ2n) is 4.08. The molecule has 0 aliphatic carbocycles. The van der Waals surface area contributed by atoms with E-state index in [-0.39, 0.29) is 0 Å². The minimum absolute atomic E-state index is 0.440. The number of nitrogens with two attached hydrogens (primary N) is 1. The predicted octanol–water partition coefficient (Wildman–Crippen LogP) is 2.63. The monoisotopic (exact) mass is 236 g/mol. The maximum absolute atomic E-state index is 11.2. The Labute approximate surface area is 105 Å². The smallest absolute Gasteiger partial charge is 0.248 e. The van der Waals surface area contributed by atoms with E-state index < -0.39 is 5.91 Å². The summed E-state index contributed by atoms with van der Waals surface area (Å²) in [5.41, 5.74) is 9.36. The van der Waals surface area contributed by atoms with Gasteiger partial charge in [0, 0.05) is 5.56 Å². The summed E-state index contributed by atoms with van der Waals surface area (Å²) in [5.74, 6) is -0.440.